The summed E-state index contributed by atoms with van der Waals surface area (Å²) in [7, 11) is 0. The van der Waals surface area contributed by atoms with Crippen molar-refractivity contribution >= 4 is 47.2 Å². The molecule has 2 aromatic carbocycles. The van der Waals surface area contributed by atoms with E-state index in [0.29, 0.717) is 18.9 Å². The minimum Gasteiger partial charge on any atom is -0.370 e. The number of hydrogen-bond acceptors (Lipinski definition) is 3. The minimum absolute atomic E-state index is 0. The smallest absolute Gasteiger partial charge is 0.224 e. The van der Waals surface area contributed by atoms with Crippen LogP contribution in [-0.2, 0) is 11.2 Å². The summed E-state index contributed by atoms with van der Waals surface area (Å²) in [5.74, 6) is 0.475. The molecule has 1 amide bonds. The lowest BCUT2D eigenvalue weighted by Gasteiger charge is -2.36. The second kappa shape index (κ2) is 11.6. The molecule has 1 aliphatic heterocycles. The minimum atomic E-state index is 0. The fourth-order valence-corrected chi connectivity index (χ4v) is 3.29. The third-order valence-electron chi connectivity index (χ3n) is 5.00. The van der Waals surface area contributed by atoms with E-state index in [1.54, 1.807) is 0 Å². The van der Waals surface area contributed by atoms with Crippen molar-refractivity contribution in [2.24, 2.45) is 10.7 Å². The normalized spacial score (nSPS) is 14.3. The van der Waals surface area contributed by atoms with Crippen molar-refractivity contribution in [1.82, 2.24) is 4.90 Å². The monoisotopic (exact) mass is 507 g/mol. The number of amides is 1. The first-order valence-electron chi connectivity index (χ1n) is 9.89. The molecule has 0 aliphatic carbocycles. The van der Waals surface area contributed by atoms with Crippen LogP contribution in [0.5, 0.6) is 0 Å². The standard InChI is InChI=1S/C22H29N5O.HI/c1-2-18-8-10-19(11-9-18)25-22(23)24-13-12-21(28)27-16-14-26(15-17-27)20-6-4-3-5-7-20;/h3-11H,2,12-17H2,1H3,(H3,23,24,25);1H. The van der Waals surface area contributed by atoms with Gasteiger partial charge in [0.1, 0.15) is 0 Å². The van der Waals surface area contributed by atoms with E-state index in [-0.39, 0.29) is 29.9 Å². The van der Waals surface area contributed by atoms with Crippen molar-refractivity contribution < 1.29 is 4.79 Å². The third-order valence-corrected chi connectivity index (χ3v) is 5.00. The Morgan fingerprint density at radius 1 is 1.03 bits per heavy atom. The van der Waals surface area contributed by atoms with Crippen LogP contribution in [-0.4, -0.2) is 49.5 Å². The quantitative estimate of drug-likeness (QED) is 0.358. The third kappa shape index (κ3) is 6.92. The number of hydrogen-bond donors (Lipinski definition) is 2. The van der Waals surface area contributed by atoms with Gasteiger partial charge >= 0.3 is 0 Å². The van der Waals surface area contributed by atoms with Gasteiger partial charge < -0.3 is 20.9 Å². The zero-order valence-corrected chi connectivity index (χ0v) is 19.2. The van der Waals surface area contributed by atoms with Gasteiger partial charge in [0.15, 0.2) is 5.96 Å². The molecule has 0 radical (unpaired) electrons. The molecule has 0 atom stereocenters. The van der Waals surface area contributed by atoms with E-state index in [2.05, 4.69) is 46.4 Å². The molecule has 1 aliphatic rings. The first-order valence-corrected chi connectivity index (χ1v) is 9.89. The maximum Gasteiger partial charge on any atom is 0.224 e. The number of benzene rings is 2. The molecule has 0 spiro atoms. The summed E-state index contributed by atoms with van der Waals surface area (Å²) in [5.41, 5.74) is 9.33. The molecule has 1 heterocycles. The van der Waals surface area contributed by atoms with Crippen LogP contribution in [0.3, 0.4) is 0 Å². The number of piperazine rings is 1. The number of carbonyl (C=O) groups excluding carboxylic acids is 1. The SMILES string of the molecule is CCc1ccc(NC(N)=NCCC(=O)N2CCN(c3ccccc3)CC2)cc1.I. The van der Waals surface area contributed by atoms with Crippen molar-refractivity contribution in [1.29, 1.82) is 0 Å². The summed E-state index contributed by atoms with van der Waals surface area (Å²) in [6.45, 7) is 5.72. The predicted octanol–water partition coefficient (Wildman–Crippen LogP) is 3.33. The Bertz CT molecular complexity index is 787. The van der Waals surface area contributed by atoms with Gasteiger partial charge in [-0.05, 0) is 36.2 Å². The summed E-state index contributed by atoms with van der Waals surface area (Å²) >= 11 is 0. The van der Waals surface area contributed by atoms with Crippen LogP contribution < -0.4 is 16.0 Å². The molecule has 3 rings (SSSR count). The number of rotatable bonds is 6. The van der Waals surface area contributed by atoms with Gasteiger partial charge in [-0.2, -0.15) is 0 Å². The van der Waals surface area contributed by atoms with Gasteiger partial charge in [-0.1, -0.05) is 37.3 Å². The van der Waals surface area contributed by atoms with Gasteiger partial charge in [0.05, 0.1) is 6.54 Å². The van der Waals surface area contributed by atoms with Crippen molar-refractivity contribution in [3.05, 3.63) is 60.2 Å². The zero-order valence-electron chi connectivity index (χ0n) is 16.9. The van der Waals surface area contributed by atoms with Crippen LogP contribution >= 0.6 is 24.0 Å². The number of nitrogens with two attached hydrogens (primary N) is 1. The molecule has 2 aromatic rings. The van der Waals surface area contributed by atoms with E-state index in [9.17, 15) is 4.79 Å². The summed E-state index contributed by atoms with van der Waals surface area (Å²) in [4.78, 5) is 20.9. The molecular weight excluding hydrogens is 477 g/mol. The van der Waals surface area contributed by atoms with E-state index in [1.807, 2.05) is 35.2 Å². The Balaban J connectivity index is 0.00000300. The van der Waals surface area contributed by atoms with Crippen molar-refractivity contribution in [3.63, 3.8) is 0 Å². The predicted molar refractivity (Wildman–Crippen MR) is 131 cm³/mol. The van der Waals surface area contributed by atoms with Gasteiger partial charge in [-0.25, -0.2) is 0 Å². The van der Waals surface area contributed by atoms with E-state index in [4.69, 9.17) is 5.73 Å². The first kappa shape index (κ1) is 23.0. The number of para-hydroxylation sites is 1. The Labute approximate surface area is 190 Å². The molecule has 29 heavy (non-hydrogen) atoms. The van der Waals surface area contributed by atoms with Crippen LogP contribution in [0, 0.1) is 0 Å². The van der Waals surface area contributed by atoms with Crippen molar-refractivity contribution in [2.45, 2.75) is 19.8 Å². The van der Waals surface area contributed by atoms with E-state index in [1.165, 1.54) is 11.3 Å². The lowest BCUT2D eigenvalue weighted by Crippen LogP contribution is -2.48. The number of nitrogens with zero attached hydrogens (tertiary/aromatic N) is 3. The van der Waals surface area contributed by atoms with E-state index >= 15 is 0 Å². The highest BCUT2D eigenvalue weighted by Gasteiger charge is 2.20. The molecule has 0 bridgehead atoms. The lowest BCUT2D eigenvalue weighted by atomic mass is 10.1. The molecule has 6 nitrogen and oxygen atoms in total. The second-order valence-corrected chi connectivity index (χ2v) is 6.90. The second-order valence-electron chi connectivity index (χ2n) is 6.90. The number of aryl methyl sites for hydroxylation is 1. The molecule has 7 heteroatoms. The average molecular weight is 507 g/mol. The lowest BCUT2D eigenvalue weighted by molar-refractivity contribution is -0.131. The van der Waals surface area contributed by atoms with Crippen LogP contribution in [0.2, 0.25) is 0 Å². The average Bonchev–Trinajstić information content (AvgIpc) is 2.75. The highest BCUT2D eigenvalue weighted by atomic mass is 127. The maximum atomic E-state index is 12.4. The highest BCUT2D eigenvalue weighted by molar-refractivity contribution is 14.0. The maximum absolute atomic E-state index is 12.4. The topological polar surface area (TPSA) is 74.0 Å². The van der Waals surface area contributed by atoms with Gasteiger partial charge in [0.2, 0.25) is 5.91 Å². The number of carbonyl (C=O) groups is 1. The van der Waals surface area contributed by atoms with Crippen LogP contribution in [0.4, 0.5) is 11.4 Å². The molecule has 3 N–H and O–H groups in total. The summed E-state index contributed by atoms with van der Waals surface area (Å²) in [6.07, 6.45) is 1.38. The Morgan fingerprint density at radius 2 is 1.69 bits per heavy atom. The van der Waals surface area contributed by atoms with Gasteiger partial charge in [0.25, 0.3) is 0 Å². The first-order chi connectivity index (χ1) is 13.7. The fraction of sp³-hybridized carbons (Fsp3) is 0.364. The molecule has 0 unspecified atom stereocenters. The van der Waals surface area contributed by atoms with E-state index < -0.39 is 0 Å². The van der Waals surface area contributed by atoms with Gasteiger partial charge in [-0.3, -0.25) is 9.79 Å². The number of anilines is 2. The highest BCUT2D eigenvalue weighted by Crippen LogP contribution is 2.16. The Morgan fingerprint density at radius 3 is 2.31 bits per heavy atom. The van der Waals surface area contributed by atoms with Crippen LogP contribution in [0.15, 0.2) is 59.6 Å². The fourth-order valence-electron chi connectivity index (χ4n) is 3.29. The van der Waals surface area contributed by atoms with Gasteiger partial charge in [0, 0.05) is 44.0 Å². The summed E-state index contributed by atoms with van der Waals surface area (Å²) in [5, 5.41) is 3.07. The molecule has 0 aromatic heterocycles. The summed E-state index contributed by atoms with van der Waals surface area (Å²) < 4.78 is 0. The summed E-state index contributed by atoms with van der Waals surface area (Å²) in [6, 6.07) is 18.4. The van der Waals surface area contributed by atoms with Crippen molar-refractivity contribution in [3.8, 4) is 0 Å². The van der Waals surface area contributed by atoms with Crippen LogP contribution in [0.1, 0.15) is 18.9 Å². The number of halogens is 1. The number of guanidine groups is 1. The van der Waals surface area contributed by atoms with Crippen molar-refractivity contribution in [2.75, 3.05) is 42.9 Å². The molecular formula is C22H30IN5O. The molecule has 1 saturated heterocycles. The van der Waals surface area contributed by atoms with E-state index in [0.717, 1.165) is 38.3 Å². The van der Waals surface area contributed by atoms with Crippen LogP contribution in [0.25, 0.3) is 0 Å². The largest absolute Gasteiger partial charge is 0.370 e. The zero-order chi connectivity index (χ0) is 19.8. The molecule has 156 valence electrons. The Hall–Kier alpha value is -2.29. The number of aliphatic imine (C=N–C) groups is 1. The molecule has 0 saturated carbocycles. The molecule has 1 fully saturated rings. The number of nitrogens with one attached hydrogen (secondary N) is 1. The van der Waals surface area contributed by atoms with Gasteiger partial charge in [-0.15, -0.1) is 24.0 Å². The Kier molecular flexibility index (Phi) is 9.24.